The standard InChI is InChI=1S/C18H30N2/c1-17(2,3)13-18(4,5)20-11-14-6-7-15-8-9-19-12-16(15)10-14/h6-7,10,19-20H,8-9,11-13H2,1-5H3. The summed E-state index contributed by atoms with van der Waals surface area (Å²) in [5.74, 6) is 0. The SMILES string of the molecule is CC(C)(C)CC(C)(C)NCc1ccc2c(c1)CNCC2. The van der Waals surface area contributed by atoms with Gasteiger partial charge in [0.1, 0.15) is 0 Å². The first-order chi connectivity index (χ1) is 9.25. The quantitative estimate of drug-likeness (QED) is 0.876. The fourth-order valence-corrected chi connectivity index (χ4v) is 3.37. The highest BCUT2D eigenvalue weighted by atomic mass is 15.0. The lowest BCUT2D eigenvalue weighted by atomic mass is 9.81. The summed E-state index contributed by atoms with van der Waals surface area (Å²) in [7, 11) is 0. The monoisotopic (exact) mass is 274 g/mol. The van der Waals surface area contributed by atoms with Crippen molar-refractivity contribution in [1.82, 2.24) is 10.6 Å². The maximum Gasteiger partial charge on any atom is 0.0210 e. The molecule has 0 saturated carbocycles. The van der Waals surface area contributed by atoms with Crippen molar-refractivity contribution < 1.29 is 0 Å². The molecular formula is C18H30N2. The third-order valence-electron chi connectivity index (χ3n) is 3.90. The molecule has 0 fully saturated rings. The van der Waals surface area contributed by atoms with Crippen LogP contribution in [0.5, 0.6) is 0 Å². The van der Waals surface area contributed by atoms with Gasteiger partial charge < -0.3 is 10.6 Å². The van der Waals surface area contributed by atoms with E-state index < -0.39 is 0 Å². The van der Waals surface area contributed by atoms with E-state index in [4.69, 9.17) is 0 Å². The molecule has 2 rings (SSSR count). The molecule has 1 aliphatic rings. The third-order valence-corrected chi connectivity index (χ3v) is 3.90. The summed E-state index contributed by atoms with van der Waals surface area (Å²) in [6, 6.07) is 6.95. The second kappa shape index (κ2) is 5.87. The molecule has 0 unspecified atom stereocenters. The molecule has 1 aliphatic heterocycles. The summed E-state index contributed by atoms with van der Waals surface area (Å²) in [4.78, 5) is 0. The molecule has 1 aromatic rings. The third kappa shape index (κ3) is 4.60. The number of benzene rings is 1. The molecule has 1 heterocycles. The van der Waals surface area contributed by atoms with Crippen LogP contribution in [0.2, 0.25) is 0 Å². The molecule has 112 valence electrons. The van der Waals surface area contributed by atoms with Gasteiger partial charge in [0.15, 0.2) is 0 Å². The van der Waals surface area contributed by atoms with Crippen LogP contribution in [0.25, 0.3) is 0 Å². The fraction of sp³-hybridized carbons (Fsp3) is 0.667. The van der Waals surface area contributed by atoms with Crippen molar-refractivity contribution in [3.8, 4) is 0 Å². The van der Waals surface area contributed by atoms with E-state index in [2.05, 4.69) is 63.5 Å². The Morgan fingerprint density at radius 3 is 2.55 bits per heavy atom. The Labute approximate surface area is 124 Å². The van der Waals surface area contributed by atoms with Gasteiger partial charge in [-0.2, -0.15) is 0 Å². The Bertz CT molecular complexity index is 455. The molecule has 0 radical (unpaired) electrons. The van der Waals surface area contributed by atoms with E-state index in [9.17, 15) is 0 Å². The van der Waals surface area contributed by atoms with Gasteiger partial charge in [-0.15, -0.1) is 0 Å². The van der Waals surface area contributed by atoms with Gasteiger partial charge in [0, 0.05) is 18.6 Å². The van der Waals surface area contributed by atoms with Crippen molar-refractivity contribution in [2.24, 2.45) is 5.41 Å². The summed E-state index contributed by atoms with van der Waals surface area (Å²) in [6.07, 6.45) is 2.34. The predicted octanol–water partition coefficient (Wildman–Crippen LogP) is 3.64. The first-order valence-electron chi connectivity index (χ1n) is 7.82. The minimum absolute atomic E-state index is 0.173. The van der Waals surface area contributed by atoms with Crippen LogP contribution in [0.4, 0.5) is 0 Å². The maximum absolute atomic E-state index is 3.72. The molecule has 0 spiro atoms. The lowest BCUT2D eigenvalue weighted by Gasteiger charge is -2.33. The van der Waals surface area contributed by atoms with Crippen molar-refractivity contribution in [3.63, 3.8) is 0 Å². The van der Waals surface area contributed by atoms with E-state index in [1.54, 1.807) is 0 Å². The summed E-state index contributed by atoms with van der Waals surface area (Å²) < 4.78 is 0. The molecule has 2 heteroatoms. The van der Waals surface area contributed by atoms with Crippen molar-refractivity contribution >= 4 is 0 Å². The van der Waals surface area contributed by atoms with E-state index >= 15 is 0 Å². The van der Waals surface area contributed by atoms with Gasteiger partial charge in [-0.1, -0.05) is 39.0 Å². The molecule has 0 aromatic heterocycles. The van der Waals surface area contributed by atoms with E-state index in [-0.39, 0.29) is 5.54 Å². The highest BCUT2D eigenvalue weighted by Gasteiger charge is 2.24. The van der Waals surface area contributed by atoms with Crippen molar-refractivity contribution in [2.75, 3.05) is 6.54 Å². The molecule has 0 amide bonds. The second-order valence-corrected chi connectivity index (χ2v) is 8.00. The van der Waals surface area contributed by atoms with Crippen molar-refractivity contribution in [2.45, 2.75) is 66.1 Å². The van der Waals surface area contributed by atoms with Gasteiger partial charge in [0.05, 0.1) is 0 Å². The lowest BCUT2D eigenvalue weighted by molar-refractivity contribution is 0.240. The second-order valence-electron chi connectivity index (χ2n) is 8.00. The smallest absolute Gasteiger partial charge is 0.0210 e. The summed E-state index contributed by atoms with van der Waals surface area (Å²) >= 11 is 0. The maximum atomic E-state index is 3.72. The zero-order valence-corrected chi connectivity index (χ0v) is 13.8. The highest BCUT2D eigenvalue weighted by Crippen LogP contribution is 2.27. The van der Waals surface area contributed by atoms with E-state index in [0.717, 1.165) is 19.6 Å². The zero-order valence-electron chi connectivity index (χ0n) is 13.8. The number of hydrogen-bond acceptors (Lipinski definition) is 2. The molecule has 2 nitrogen and oxygen atoms in total. The number of nitrogens with one attached hydrogen (secondary N) is 2. The van der Waals surface area contributed by atoms with E-state index in [1.807, 2.05) is 0 Å². The average molecular weight is 274 g/mol. The molecule has 2 N–H and O–H groups in total. The van der Waals surface area contributed by atoms with Gasteiger partial charge in [-0.05, 0) is 55.3 Å². The van der Waals surface area contributed by atoms with Crippen molar-refractivity contribution in [3.05, 3.63) is 34.9 Å². The minimum atomic E-state index is 0.173. The summed E-state index contributed by atoms with van der Waals surface area (Å²) in [5.41, 5.74) is 4.92. The Morgan fingerprint density at radius 1 is 1.10 bits per heavy atom. The number of fused-ring (bicyclic) bond motifs is 1. The normalized spacial score (nSPS) is 16.1. The Balaban J connectivity index is 1.97. The zero-order chi connectivity index (χ0) is 14.8. The van der Waals surface area contributed by atoms with Crippen LogP contribution >= 0.6 is 0 Å². The largest absolute Gasteiger partial charge is 0.312 e. The van der Waals surface area contributed by atoms with Gasteiger partial charge in [0.2, 0.25) is 0 Å². The predicted molar refractivity (Wildman–Crippen MR) is 86.8 cm³/mol. The van der Waals surface area contributed by atoms with Crippen molar-refractivity contribution in [1.29, 1.82) is 0 Å². The number of hydrogen-bond donors (Lipinski definition) is 2. The molecular weight excluding hydrogens is 244 g/mol. The minimum Gasteiger partial charge on any atom is -0.312 e. The molecule has 1 aromatic carbocycles. The summed E-state index contributed by atoms with van der Waals surface area (Å²) in [5, 5.41) is 7.17. The number of rotatable bonds is 4. The van der Waals surface area contributed by atoms with Crippen LogP contribution in [0, 0.1) is 5.41 Å². The van der Waals surface area contributed by atoms with Gasteiger partial charge >= 0.3 is 0 Å². The lowest BCUT2D eigenvalue weighted by Crippen LogP contribution is -2.41. The van der Waals surface area contributed by atoms with Crippen LogP contribution < -0.4 is 10.6 Å². The molecule has 0 saturated heterocycles. The van der Waals surface area contributed by atoms with Crippen LogP contribution in [-0.2, 0) is 19.5 Å². The highest BCUT2D eigenvalue weighted by molar-refractivity contribution is 5.33. The summed E-state index contributed by atoms with van der Waals surface area (Å²) in [6.45, 7) is 14.6. The van der Waals surface area contributed by atoms with Crippen LogP contribution in [0.1, 0.15) is 57.7 Å². The molecule has 0 aliphatic carbocycles. The topological polar surface area (TPSA) is 24.1 Å². The van der Waals surface area contributed by atoms with E-state index in [0.29, 0.717) is 5.41 Å². The van der Waals surface area contributed by atoms with Gasteiger partial charge in [0.25, 0.3) is 0 Å². The Hall–Kier alpha value is -0.860. The Morgan fingerprint density at radius 2 is 1.85 bits per heavy atom. The van der Waals surface area contributed by atoms with Crippen LogP contribution in [0.15, 0.2) is 18.2 Å². The Kier molecular flexibility index (Phi) is 4.55. The first-order valence-corrected chi connectivity index (χ1v) is 7.82. The average Bonchev–Trinajstić information content (AvgIpc) is 2.33. The molecule has 0 atom stereocenters. The van der Waals surface area contributed by atoms with Gasteiger partial charge in [-0.3, -0.25) is 0 Å². The molecule has 20 heavy (non-hydrogen) atoms. The molecule has 0 bridgehead atoms. The van der Waals surface area contributed by atoms with Gasteiger partial charge in [-0.25, -0.2) is 0 Å². The fourth-order valence-electron chi connectivity index (χ4n) is 3.37. The first kappa shape index (κ1) is 15.5. The van der Waals surface area contributed by atoms with Crippen LogP contribution in [-0.4, -0.2) is 12.1 Å². The van der Waals surface area contributed by atoms with Crippen LogP contribution in [0.3, 0.4) is 0 Å². The van der Waals surface area contributed by atoms with E-state index in [1.165, 1.54) is 29.5 Å².